The highest BCUT2D eigenvalue weighted by Gasteiger charge is 2.13. The largest absolute Gasteiger partial charge is 0.497 e. The summed E-state index contributed by atoms with van der Waals surface area (Å²) in [4.78, 5) is 0. The van der Waals surface area contributed by atoms with E-state index >= 15 is 0 Å². The second kappa shape index (κ2) is 7.05. The zero-order valence-electron chi connectivity index (χ0n) is 10.7. The zero-order chi connectivity index (χ0) is 13.7. The maximum Gasteiger partial charge on any atom is 0.118 e. The minimum Gasteiger partial charge on any atom is -0.497 e. The molecule has 0 radical (unpaired) electrons. The molecule has 102 valence electrons. The van der Waals surface area contributed by atoms with Crippen LogP contribution in [0.1, 0.15) is 23.6 Å². The Bertz CT molecular complexity index is 512. The summed E-state index contributed by atoms with van der Waals surface area (Å²) in [6.07, 6.45) is 1.93. The Hall–Kier alpha value is -0.880. The standard InChI is InChI=1S/C14H17BrN2OS/c1-18-11-5-2-10(3-6-11)4-7-14(17-16)12-8-19-9-13(12)15/h2-3,5-6,8-9,14,17H,4,7,16H2,1H3. The number of hydrazine groups is 1. The molecular formula is C14H17BrN2OS. The van der Waals surface area contributed by atoms with Crippen LogP contribution < -0.4 is 16.0 Å². The number of methoxy groups -OCH3 is 1. The number of ether oxygens (including phenoxy) is 1. The first-order chi connectivity index (χ1) is 9.24. The molecule has 0 spiro atoms. The van der Waals surface area contributed by atoms with Crippen LogP contribution >= 0.6 is 27.3 Å². The number of hydrogen-bond acceptors (Lipinski definition) is 4. The fraction of sp³-hybridized carbons (Fsp3) is 0.286. The Morgan fingerprint density at radius 3 is 2.58 bits per heavy atom. The van der Waals surface area contributed by atoms with Crippen molar-refractivity contribution in [1.29, 1.82) is 0 Å². The molecule has 19 heavy (non-hydrogen) atoms. The van der Waals surface area contributed by atoms with Gasteiger partial charge in [0.1, 0.15) is 5.75 Å². The molecule has 0 saturated carbocycles. The summed E-state index contributed by atoms with van der Waals surface area (Å²) in [6, 6.07) is 8.33. The molecule has 1 aromatic carbocycles. The Morgan fingerprint density at radius 2 is 2.05 bits per heavy atom. The van der Waals surface area contributed by atoms with E-state index in [0.717, 1.165) is 23.1 Å². The van der Waals surface area contributed by atoms with E-state index in [1.165, 1.54) is 11.1 Å². The van der Waals surface area contributed by atoms with E-state index in [9.17, 15) is 0 Å². The molecule has 1 atom stereocenters. The molecule has 1 heterocycles. The number of aryl methyl sites for hydroxylation is 1. The number of benzene rings is 1. The lowest BCUT2D eigenvalue weighted by Crippen LogP contribution is -2.28. The van der Waals surface area contributed by atoms with Gasteiger partial charge in [0.2, 0.25) is 0 Å². The smallest absolute Gasteiger partial charge is 0.118 e. The third kappa shape index (κ3) is 3.79. The third-order valence-electron chi connectivity index (χ3n) is 3.10. The quantitative estimate of drug-likeness (QED) is 0.623. The van der Waals surface area contributed by atoms with Crippen molar-refractivity contribution in [2.75, 3.05) is 7.11 Å². The predicted octanol–water partition coefficient (Wildman–Crippen LogP) is 3.66. The summed E-state index contributed by atoms with van der Waals surface area (Å²) in [5.74, 6) is 6.54. The van der Waals surface area contributed by atoms with Crippen molar-refractivity contribution in [1.82, 2.24) is 5.43 Å². The lowest BCUT2D eigenvalue weighted by Gasteiger charge is -2.15. The van der Waals surface area contributed by atoms with Gasteiger partial charge in [-0.2, -0.15) is 11.3 Å². The van der Waals surface area contributed by atoms with Crippen LogP contribution in [-0.4, -0.2) is 7.11 Å². The molecule has 5 heteroatoms. The second-order valence-corrected chi connectivity index (χ2v) is 5.88. The fourth-order valence-electron chi connectivity index (χ4n) is 1.97. The molecule has 3 N–H and O–H groups in total. The second-order valence-electron chi connectivity index (χ2n) is 4.28. The first kappa shape index (κ1) is 14.5. The van der Waals surface area contributed by atoms with Gasteiger partial charge in [0.25, 0.3) is 0 Å². The van der Waals surface area contributed by atoms with Gasteiger partial charge in [0, 0.05) is 15.9 Å². The van der Waals surface area contributed by atoms with Gasteiger partial charge >= 0.3 is 0 Å². The summed E-state index contributed by atoms with van der Waals surface area (Å²) in [6.45, 7) is 0. The summed E-state index contributed by atoms with van der Waals surface area (Å²) < 4.78 is 6.27. The highest BCUT2D eigenvalue weighted by Crippen LogP contribution is 2.29. The Kier molecular flexibility index (Phi) is 5.39. The third-order valence-corrected chi connectivity index (χ3v) is 4.85. The highest BCUT2D eigenvalue weighted by molar-refractivity contribution is 9.10. The van der Waals surface area contributed by atoms with E-state index in [1.807, 2.05) is 12.1 Å². The van der Waals surface area contributed by atoms with Crippen LogP contribution in [0.25, 0.3) is 0 Å². The van der Waals surface area contributed by atoms with Crippen molar-refractivity contribution >= 4 is 27.3 Å². The number of nitrogens with one attached hydrogen (secondary N) is 1. The Balaban J connectivity index is 1.98. The van der Waals surface area contributed by atoms with E-state index in [2.05, 4.69) is 44.2 Å². The molecule has 2 aromatic rings. The minimum absolute atomic E-state index is 0.169. The summed E-state index contributed by atoms with van der Waals surface area (Å²) in [7, 11) is 1.68. The lowest BCUT2D eigenvalue weighted by molar-refractivity contribution is 0.414. The van der Waals surface area contributed by atoms with Gasteiger partial charge in [-0.15, -0.1) is 0 Å². The van der Waals surface area contributed by atoms with E-state index in [1.54, 1.807) is 18.4 Å². The summed E-state index contributed by atoms with van der Waals surface area (Å²) in [5.41, 5.74) is 5.40. The van der Waals surface area contributed by atoms with Crippen LogP contribution in [0, 0.1) is 0 Å². The monoisotopic (exact) mass is 340 g/mol. The summed E-state index contributed by atoms with van der Waals surface area (Å²) >= 11 is 5.23. The van der Waals surface area contributed by atoms with Gasteiger partial charge in [0.15, 0.2) is 0 Å². The molecular weight excluding hydrogens is 324 g/mol. The normalized spacial score (nSPS) is 12.4. The number of halogens is 1. The van der Waals surface area contributed by atoms with E-state index in [-0.39, 0.29) is 6.04 Å². The number of nitrogens with two attached hydrogens (primary N) is 1. The van der Waals surface area contributed by atoms with Gasteiger partial charge in [-0.3, -0.25) is 11.3 Å². The topological polar surface area (TPSA) is 47.3 Å². The molecule has 0 bridgehead atoms. The van der Waals surface area contributed by atoms with Gasteiger partial charge in [0.05, 0.1) is 7.11 Å². The van der Waals surface area contributed by atoms with E-state index in [0.29, 0.717) is 0 Å². The minimum atomic E-state index is 0.169. The molecule has 0 aliphatic carbocycles. The molecule has 2 rings (SSSR count). The molecule has 0 fully saturated rings. The number of rotatable bonds is 6. The first-order valence-corrected chi connectivity index (χ1v) is 7.79. The van der Waals surface area contributed by atoms with Crippen LogP contribution in [0.15, 0.2) is 39.5 Å². The van der Waals surface area contributed by atoms with Gasteiger partial charge in [-0.25, -0.2) is 0 Å². The van der Waals surface area contributed by atoms with Crippen molar-refractivity contribution in [2.24, 2.45) is 5.84 Å². The van der Waals surface area contributed by atoms with Crippen LogP contribution in [0.4, 0.5) is 0 Å². The molecule has 0 saturated heterocycles. The van der Waals surface area contributed by atoms with Crippen molar-refractivity contribution in [3.8, 4) is 5.75 Å². The van der Waals surface area contributed by atoms with Gasteiger partial charge < -0.3 is 4.74 Å². The van der Waals surface area contributed by atoms with Gasteiger partial charge in [-0.05, 0) is 57.4 Å². The van der Waals surface area contributed by atoms with Crippen molar-refractivity contribution < 1.29 is 4.74 Å². The van der Waals surface area contributed by atoms with Crippen molar-refractivity contribution in [3.63, 3.8) is 0 Å². The molecule has 1 aromatic heterocycles. The van der Waals surface area contributed by atoms with E-state index < -0.39 is 0 Å². The predicted molar refractivity (Wildman–Crippen MR) is 83.4 cm³/mol. The average Bonchev–Trinajstić information content (AvgIpc) is 2.87. The Morgan fingerprint density at radius 1 is 1.32 bits per heavy atom. The zero-order valence-corrected chi connectivity index (χ0v) is 13.1. The molecule has 0 aliphatic heterocycles. The molecule has 1 unspecified atom stereocenters. The SMILES string of the molecule is COc1ccc(CCC(NN)c2cscc2Br)cc1. The maximum absolute atomic E-state index is 5.66. The number of thiophene rings is 1. The molecule has 0 aliphatic rings. The van der Waals surface area contributed by atoms with Crippen LogP contribution in [-0.2, 0) is 6.42 Å². The Labute approximate surface area is 125 Å². The van der Waals surface area contributed by atoms with E-state index in [4.69, 9.17) is 10.6 Å². The van der Waals surface area contributed by atoms with Crippen LogP contribution in [0.3, 0.4) is 0 Å². The van der Waals surface area contributed by atoms with Crippen LogP contribution in [0.2, 0.25) is 0 Å². The first-order valence-electron chi connectivity index (χ1n) is 6.05. The molecule has 3 nitrogen and oxygen atoms in total. The fourth-order valence-corrected chi connectivity index (χ4v) is 3.60. The maximum atomic E-state index is 5.66. The highest BCUT2D eigenvalue weighted by atomic mass is 79.9. The van der Waals surface area contributed by atoms with Gasteiger partial charge in [-0.1, -0.05) is 12.1 Å². The average molecular weight is 341 g/mol. The number of hydrogen-bond donors (Lipinski definition) is 2. The van der Waals surface area contributed by atoms with Crippen LogP contribution in [0.5, 0.6) is 5.75 Å². The van der Waals surface area contributed by atoms with Crippen molar-refractivity contribution in [2.45, 2.75) is 18.9 Å². The summed E-state index contributed by atoms with van der Waals surface area (Å²) in [5, 5.41) is 4.20. The molecule has 0 amide bonds. The lowest BCUT2D eigenvalue weighted by atomic mass is 10.0. The van der Waals surface area contributed by atoms with Crippen molar-refractivity contribution in [3.05, 3.63) is 50.6 Å².